The number of nitrogens with zero attached hydrogens (tertiary/aromatic N) is 1. The van der Waals surface area contributed by atoms with Crippen LogP contribution in [-0.2, 0) is 0 Å². The van der Waals surface area contributed by atoms with Crippen molar-refractivity contribution in [1.82, 2.24) is 0 Å². The predicted molar refractivity (Wildman–Crippen MR) is 40.4 cm³/mol. The topological polar surface area (TPSA) is 87.1 Å². The zero-order valence-electron chi connectivity index (χ0n) is 5.37. The fraction of sp³-hybridized carbons (Fsp3) is 0. The summed E-state index contributed by atoms with van der Waals surface area (Å²) in [5.41, 5.74) is 5.55. The average molecular weight is 168 g/mol. The van der Waals surface area contributed by atoms with Crippen LogP contribution in [0.15, 0.2) is 6.07 Å². The van der Waals surface area contributed by atoms with E-state index in [2.05, 4.69) is 0 Å². The zero-order valence-corrected chi connectivity index (χ0v) is 6.18. The molecule has 0 saturated carbocycles. The summed E-state index contributed by atoms with van der Waals surface area (Å²) >= 11 is 0.882. The van der Waals surface area contributed by atoms with E-state index >= 15 is 0 Å². The van der Waals surface area contributed by atoms with Crippen molar-refractivity contribution in [3.8, 4) is 6.07 Å². The molecule has 0 unspecified atom stereocenters. The van der Waals surface area contributed by atoms with Crippen LogP contribution < -0.4 is 5.73 Å². The van der Waals surface area contributed by atoms with Gasteiger partial charge in [-0.3, -0.25) is 0 Å². The molecule has 0 aliphatic heterocycles. The van der Waals surface area contributed by atoms with Crippen LogP contribution in [0, 0.1) is 11.3 Å². The number of rotatable bonds is 1. The van der Waals surface area contributed by atoms with Gasteiger partial charge in [-0.25, -0.2) is 4.79 Å². The highest BCUT2D eigenvalue weighted by Gasteiger charge is 2.10. The van der Waals surface area contributed by atoms with E-state index < -0.39 is 5.97 Å². The highest BCUT2D eigenvalue weighted by molar-refractivity contribution is 7.15. The first-order chi connectivity index (χ1) is 5.15. The molecule has 1 aromatic heterocycles. The van der Waals surface area contributed by atoms with Crippen molar-refractivity contribution < 1.29 is 9.90 Å². The summed E-state index contributed by atoms with van der Waals surface area (Å²) in [7, 11) is 0. The number of carbonyl (C=O) groups is 1. The van der Waals surface area contributed by atoms with Crippen molar-refractivity contribution >= 4 is 23.0 Å². The number of carboxylic acids is 1. The van der Waals surface area contributed by atoms with Crippen molar-refractivity contribution in [2.45, 2.75) is 0 Å². The summed E-state index contributed by atoms with van der Waals surface area (Å²) < 4.78 is 0. The number of anilines is 1. The molecule has 0 saturated heterocycles. The van der Waals surface area contributed by atoms with Crippen molar-refractivity contribution in [2.75, 3.05) is 5.73 Å². The highest BCUT2D eigenvalue weighted by atomic mass is 32.1. The molecule has 0 atom stereocenters. The van der Waals surface area contributed by atoms with Crippen LogP contribution in [0.25, 0.3) is 0 Å². The van der Waals surface area contributed by atoms with E-state index in [9.17, 15) is 4.79 Å². The molecule has 0 aliphatic carbocycles. The van der Waals surface area contributed by atoms with Crippen LogP contribution in [-0.4, -0.2) is 11.1 Å². The summed E-state index contributed by atoms with van der Waals surface area (Å²) in [6, 6.07) is 3.08. The summed E-state index contributed by atoms with van der Waals surface area (Å²) in [5, 5.41) is 16.9. The third-order valence-electron chi connectivity index (χ3n) is 1.07. The summed E-state index contributed by atoms with van der Waals surface area (Å²) in [6.45, 7) is 0. The van der Waals surface area contributed by atoms with Gasteiger partial charge in [0, 0.05) is 0 Å². The number of nitriles is 1. The number of hydrogen-bond donors (Lipinski definition) is 2. The summed E-state index contributed by atoms with van der Waals surface area (Å²) in [4.78, 5) is 10.7. The first kappa shape index (κ1) is 7.57. The van der Waals surface area contributed by atoms with E-state index in [1.807, 2.05) is 0 Å². The first-order valence-corrected chi connectivity index (χ1v) is 3.49. The maximum Gasteiger partial charge on any atom is 0.345 e. The van der Waals surface area contributed by atoms with Gasteiger partial charge in [-0.05, 0) is 6.07 Å². The number of nitrogens with two attached hydrogens (primary N) is 1. The van der Waals surface area contributed by atoms with E-state index in [4.69, 9.17) is 16.1 Å². The molecule has 11 heavy (non-hydrogen) atoms. The minimum Gasteiger partial charge on any atom is -0.477 e. The minimum absolute atomic E-state index is 0.0963. The van der Waals surface area contributed by atoms with Crippen LogP contribution >= 0.6 is 11.3 Å². The van der Waals surface area contributed by atoms with Gasteiger partial charge in [0.25, 0.3) is 0 Å². The molecule has 0 amide bonds. The zero-order chi connectivity index (χ0) is 8.43. The van der Waals surface area contributed by atoms with E-state index in [-0.39, 0.29) is 15.4 Å². The van der Waals surface area contributed by atoms with Crippen LogP contribution in [0.4, 0.5) is 5.69 Å². The average Bonchev–Trinajstić information content (AvgIpc) is 2.31. The number of carboxylic acid groups (broad SMARTS) is 1. The third kappa shape index (κ3) is 1.30. The Balaban J connectivity index is 3.18. The Morgan fingerprint density at radius 1 is 1.82 bits per heavy atom. The normalized spacial score (nSPS) is 9.00. The van der Waals surface area contributed by atoms with E-state index in [1.165, 1.54) is 6.07 Å². The molecular weight excluding hydrogens is 164 g/mol. The molecule has 0 spiro atoms. The maximum absolute atomic E-state index is 10.3. The number of aromatic carboxylic acids is 1. The van der Waals surface area contributed by atoms with Crippen molar-refractivity contribution in [2.24, 2.45) is 0 Å². The second kappa shape index (κ2) is 2.60. The van der Waals surface area contributed by atoms with Gasteiger partial charge in [0.05, 0.1) is 5.69 Å². The Hall–Kier alpha value is -1.54. The van der Waals surface area contributed by atoms with Crippen LogP contribution in [0.5, 0.6) is 0 Å². The smallest absolute Gasteiger partial charge is 0.345 e. The molecular formula is C6H4N2O2S. The summed E-state index contributed by atoms with van der Waals surface area (Å²) in [5.74, 6) is -1.05. The standard InChI is InChI=1S/C6H4N2O2S/c7-2-5-3(8)1-4(11-5)6(9)10/h1H,8H2,(H,9,10). The van der Waals surface area contributed by atoms with Gasteiger partial charge in [0.1, 0.15) is 15.8 Å². The molecule has 5 heteroatoms. The molecule has 0 aliphatic rings. The quantitative estimate of drug-likeness (QED) is 0.652. The molecule has 3 N–H and O–H groups in total. The fourth-order valence-electron chi connectivity index (χ4n) is 0.598. The van der Waals surface area contributed by atoms with E-state index in [0.717, 1.165) is 11.3 Å². The summed E-state index contributed by atoms with van der Waals surface area (Å²) in [6.07, 6.45) is 0. The molecule has 0 bridgehead atoms. The molecule has 1 aromatic rings. The monoisotopic (exact) mass is 168 g/mol. The second-order valence-corrected chi connectivity index (χ2v) is 2.86. The van der Waals surface area contributed by atoms with Gasteiger partial charge in [0.15, 0.2) is 0 Å². The van der Waals surface area contributed by atoms with Crippen LogP contribution in [0.3, 0.4) is 0 Å². The van der Waals surface area contributed by atoms with E-state index in [1.54, 1.807) is 6.07 Å². The van der Waals surface area contributed by atoms with Gasteiger partial charge < -0.3 is 10.8 Å². The third-order valence-corrected chi connectivity index (χ3v) is 2.12. The predicted octanol–water partition coefficient (Wildman–Crippen LogP) is 0.900. The number of thiophene rings is 1. The molecule has 1 heterocycles. The molecule has 1 rings (SSSR count). The highest BCUT2D eigenvalue weighted by Crippen LogP contribution is 2.23. The molecule has 56 valence electrons. The van der Waals surface area contributed by atoms with Gasteiger partial charge >= 0.3 is 5.97 Å². The van der Waals surface area contributed by atoms with Gasteiger partial charge in [-0.15, -0.1) is 11.3 Å². The Morgan fingerprint density at radius 3 is 2.73 bits per heavy atom. The first-order valence-electron chi connectivity index (χ1n) is 2.68. The molecule has 4 nitrogen and oxygen atoms in total. The molecule has 0 radical (unpaired) electrons. The Bertz CT molecular complexity index is 337. The number of nitrogen functional groups attached to an aromatic ring is 1. The molecule has 0 aromatic carbocycles. The fourth-order valence-corrected chi connectivity index (χ4v) is 1.31. The largest absolute Gasteiger partial charge is 0.477 e. The van der Waals surface area contributed by atoms with Gasteiger partial charge in [0.2, 0.25) is 0 Å². The lowest BCUT2D eigenvalue weighted by Gasteiger charge is -1.79. The number of hydrogen-bond acceptors (Lipinski definition) is 4. The molecule has 0 fully saturated rings. The Kier molecular flexibility index (Phi) is 1.79. The Morgan fingerprint density at radius 2 is 2.45 bits per heavy atom. The Labute approximate surface area is 66.5 Å². The van der Waals surface area contributed by atoms with Crippen molar-refractivity contribution in [3.63, 3.8) is 0 Å². The maximum atomic E-state index is 10.3. The van der Waals surface area contributed by atoms with Gasteiger partial charge in [-0.1, -0.05) is 0 Å². The lowest BCUT2D eigenvalue weighted by Crippen LogP contribution is -1.90. The van der Waals surface area contributed by atoms with Crippen molar-refractivity contribution in [3.05, 3.63) is 15.8 Å². The SMILES string of the molecule is N#Cc1sc(C(=O)O)cc1N. The van der Waals surface area contributed by atoms with E-state index in [0.29, 0.717) is 0 Å². The lowest BCUT2D eigenvalue weighted by atomic mass is 10.4. The lowest BCUT2D eigenvalue weighted by molar-refractivity contribution is 0.0702. The van der Waals surface area contributed by atoms with Crippen LogP contribution in [0.1, 0.15) is 14.5 Å². The second-order valence-electron chi connectivity index (χ2n) is 1.81. The van der Waals surface area contributed by atoms with Crippen LogP contribution in [0.2, 0.25) is 0 Å². The van der Waals surface area contributed by atoms with Gasteiger partial charge in [-0.2, -0.15) is 5.26 Å². The minimum atomic E-state index is -1.05. The van der Waals surface area contributed by atoms with Crippen molar-refractivity contribution in [1.29, 1.82) is 5.26 Å².